The Morgan fingerprint density at radius 3 is 2.75 bits per heavy atom. The lowest BCUT2D eigenvalue weighted by molar-refractivity contribution is 0.144. The van der Waals surface area contributed by atoms with Gasteiger partial charge in [0.2, 0.25) is 0 Å². The summed E-state index contributed by atoms with van der Waals surface area (Å²) in [6.45, 7) is 2.07. The summed E-state index contributed by atoms with van der Waals surface area (Å²) in [6, 6.07) is 6.15. The van der Waals surface area contributed by atoms with Crippen molar-refractivity contribution in [3.8, 4) is 0 Å². The van der Waals surface area contributed by atoms with Crippen LogP contribution in [0.4, 0.5) is 0 Å². The number of aliphatic hydroxyl groups excluding tert-OH is 1. The van der Waals surface area contributed by atoms with Crippen molar-refractivity contribution in [3.63, 3.8) is 0 Å². The Balaban J connectivity index is 2.07. The van der Waals surface area contributed by atoms with Gasteiger partial charge in [-0.05, 0) is 42.5 Å². The molecular weight excluding hydrogens is 264 g/mol. The summed E-state index contributed by atoms with van der Waals surface area (Å²) in [5.74, 6) is 0.730. The van der Waals surface area contributed by atoms with E-state index in [1.54, 1.807) is 0 Å². The summed E-state index contributed by atoms with van der Waals surface area (Å²) in [4.78, 5) is 0. The van der Waals surface area contributed by atoms with Crippen LogP contribution in [0.2, 0.25) is 0 Å². The third kappa shape index (κ3) is 2.86. The molecule has 1 aromatic rings. The van der Waals surface area contributed by atoms with Crippen LogP contribution in [0, 0.1) is 12.8 Å². The van der Waals surface area contributed by atoms with Gasteiger partial charge in [-0.1, -0.05) is 47.7 Å². The van der Waals surface area contributed by atoms with Crippen molar-refractivity contribution in [2.24, 2.45) is 5.92 Å². The van der Waals surface area contributed by atoms with Gasteiger partial charge in [0.25, 0.3) is 0 Å². The van der Waals surface area contributed by atoms with Gasteiger partial charge in [-0.25, -0.2) is 0 Å². The molecule has 0 spiro atoms. The highest BCUT2D eigenvalue weighted by Crippen LogP contribution is 2.34. The smallest absolute Gasteiger partial charge is 0.0795 e. The molecule has 1 nitrogen and oxygen atoms in total. The summed E-state index contributed by atoms with van der Waals surface area (Å²) in [5.41, 5.74) is 2.27. The fraction of sp³-hybridized carbons (Fsp3) is 0.571. The minimum Gasteiger partial charge on any atom is -0.388 e. The van der Waals surface area contributed by atoms with Gasteiger partial charge < -0.3 is 5.11 Å². The molecule has 1 saturated carbocycles. The molecule has 1 N–H and O–H groups in total. The normalized spacial score (nSPS) is 18.9. The Bertz CT molecular complexity index is 356. The van der Waals surface area contributed by atoms with E-state index in [2.05, 4.69) is 35.0 Å². The van der Waals surface area contributed by atoms with Crippen LogP contribution in [0.15, 0.2) is 22.7 Å². The zero-order valence-corrected chi connectivity index (χ0v) is 11.3. The van der Waals surface area contributed by atoms with Gasteiger partial charge >= 0.3 is 0 Å². The van der Waals surface area contributed by atoms with E-state index in [0.29, 0.717) is 0 Å². The second-order valence-corrected chi connectivity index (χ2v) is 5.82. The molecule has 0 saturated heterocycles. The first-order valence-electron chi connectivity index (χ1n) is 6.11. The van der Waals surface area contributed by atoms with Gasteiger partial charge in [0.1, 0.15) is 0 Å². The predicted molar refractivity (Wildman–Crippen MR) is 70.4 cm³/mol. The number of aliphatic hydroxyl groups is 1. The maximum Gasteiger partial charge on any atom is 0.0795 e. The van der Waals surface area contributed by atoms with Crippen LogP contribution < -0.4 is 0 Å². The zero-order chi connectivity index (χ0) is 11.5. The average molecular weight is 283 g/mol. The molecule has 1 atom stereocenters. The fourth-order valence-corrected chi connectivity index (χ4v) is 3.04. The Morgan fingerprint density at radius 1 is 1.38 bits per heavy atom. The molecule has 0 heterocycles. The second-order valence-electron chi connectivity index (χ2n) is 4.90. The molecule has 1 aliphatic rings. The van der Waals surface area contributed by atoms with Crippen molar-refractivity contribution in [2.75, 3.05) is 0 Å². The van der Waals surface area contributed by atoms with Gasteiger partial charge in [-0.15, -0.1) is 0 Å². The lowest BCUT2D eigenvalue weighted by Crippen LogP contribution is -2.05. The molecular formula is C14H19BrO. The standard InChI is InChI=1S/C14H19BrO/c1-10-6-7-12(15)9-13(10)14(16)8-11-4-2-3-5-11/h6-7,9,11,14,16H,2-5,8H2,1H3. The third-order valence-corrected chi connectivity index (χ3v) is 4.12. The average Bonchev–Trinajstić information content (AvgIpc) is 2.74. The first-order valence-corrected chi connectivity index (χ1v) is 6.90. The largest absolute Gasteiger partial charge is 0.388 e. The Hall–Kier alpha value is -0.340. The van der Waals surface area contributed by atoms with Crippen molar-refractivity contribution >= 4 is 15.9 Å². The van der Waals surface area contributed by atoms with E-state index in [9.17, 15) is 5.11 Å². The van der Waals surface area contributed by atoms with Crippen molar-refractivity contribution in [3.05, 3.63) is 33.8 Å². The second kappa shape index (κ2) is 5.33. The summed E-state index contributed by atoms with van der Waals surface area (Å²) < 4.78 is 1.05. The van der Waals surface area contributed by atoms with Crippen molar-refractivity contribution < 1.29 is 5.11 Å². The Labute approximate surface area is 106 Å². The minimum atomic E-state index is -0.291. The number of rotatable bonds is 3. The van der Waals surface area contributed by atoms with E-state index in [1.165, 1.54) is 31.2 Å². The third-order valence-electron chi connectivity index (χ3n) is 3.63. The summed E-state index contributed by atoms with van der Waals surface area (Å²) in [6.07, 6.45) is 5.91. The van der Waals surface area contributed by atoms with Gasteiger partial charge in [0.05, 0.1) is 6.10 Å². The van der Waals surface area contributed by atoms with Crippen molar-refractivity contribution in [1.29, 1.82) is 0 Å². The quantitative estimate of drug-likeness (QED) is 0.873. The maximum atomic E-state index is 10.3. The van der Waals surface area contributed by atoms with E-state index in [-0.39, 0.29) is 6.10 Å². The zero-order valence-electron chi connectivity index (χ0n) is 9.75. The van der Waals surface area contributed by atoms with E-state index in [0.717, 1.165) is 22.4 Å². The molecule has 1 aromatic carbocycles. The Morgan fingerprint density at radius 2 is 2.06 bits per heavy atom. The van der Waals surface area contributed by atoms with Crippen LogP contribution >= 0.6 is 15.9 Å². The number of hydrogen-bond donors (Lipinski definition) is 1. The van der Waals surface area contributed by atoms with Crippen LogP contribution in [-0.4, -0.2) is 5.11 Å². The van der Waals surface area contributed by atoms with Crippen molar-refractivity contribution in [2.45, 2.75) is 45.1 Å². The minimum absolute atomic E-state index is 0.291. The summed E-state index contributed by atoms with van der Waals surface area (Å²) in [7, 11) is 0. The topological polar surface area (TPSA) is 20.2 Å². The molecule has 1 fully saturated rings. The molecule has 88 valence electrons. The first-order chi connectivity index (χ1) is 7.66. The molecule has 2 heteroatoms. The van der Waals surface area contributed by atoms with E-state index in [4.69, 9.17) is 0 Å². The van der Waals surface area contributed by atoms with Gasteiger partial charge in [-0.2, -0.15) is 0 Å². The molecule has 16 heavy (non-hydrogen) atoms. The predicted octanol–water partition coefficient (Wildman–Crippen LogP) is 4.37. The monoisotopic (exact) mass is 282 g/mol. The number of halogens is 1. The van der Waals surface area contributed by atoms with Crippen LogP contribution in [0.5, 0.6) is 0 Å². The number of hydrogen-bond acceptors (Lipinski definition) is 1. The number of aryl methyl sites for hydroxylation is 1. The molecule has 2 rings (SSSR count). The van der Waals surface area contributed by atoms with Gasteiger partial charge in [0, 0.05) is 4.47 Å². The highest BCUT2D eigenvalue weighted by Gasteiger charge is 2.20. The van der Waals surface area contributed by atoms with E-state index >= 15 is 0 Å². The molecule has 0 amide bonds. The maximum absolute atomic E-state index is 10.3. The van der Waals surface area contributed by atoms with Crippen LogP contribution in [0.1, 0.15) is 49.3 Å². The fourth-order valence-electron chi connectivity index (χ4n) is 2.66. The molecule has 1 aliphatic carbocycles. The van der Waals surface area contributed by atoms with Crippen LogP contribution in [0.3, 0.4) is 0 Å². The van der Waals surface area contributed by atoms with Crippen molar-refractivity contribution in [1.82, 2.24) is 0 Å². The van der Waals surface area contributed by atoms with Gasteiger partial charge in [-0.3, -0.25) is 0 Å². The summed E-state index contributed by atoms with van der Waals surface area (Å²) >= 11 is 3.47. The SMILES string of the molecule is Cc1ccc(Br)cc1C(O)CC1CCCC1. The molecule has 1 unspecified atom stereocenters. The van der Waals surface area contributed by atoms with E-state index in [1.807, 2.05) is 6.07 Å². The lowest BCUT2D eigenvalue weighted by Gasteiger charge is -2.17. The Kier molecular flexibility index (Phi) is 4.04. The summed E-state index contributed by atoms with van der Waals surface area (Å²) in [5, 5.41) is 10.3. The first kappa shape index (κ1) is 12.1. The van der Waals surface area contributed by atoms with Crippen LogP contribution in [0.25, 0.3) is 0 Å². The lowest BCUT2D eigenvalue weighted by atomic mass is 9.93. The van der Waals surface area contributed by atoms with Crippen LogP contribution in [-0.2, 0) is 0 Å². The highest BCUT2D eigenvalue weighted by atomic mass is 79.9. The molecule has 0 aliphatic heterocycles. The molecule has 0 radical (unpaired) electrons. The molecule has 0 bridgehead atoms. The van der Waals surface area contributed by atoms with Gasteiger partial charge in [0.15, 0.2) is 0 Å². The highest BCUT2D eigenvalue weighted by molar-refractivity contribution is 9.10. The number of benzene rings is 1. The van der Waals surface area contributed by atoms with E-state index < -0.39 is 0 Å². The molecule has 0 aromatic heterocycles.